The van der Waals surface area contributed by atoms with Gasteiger partial charge < -0.3 is 14.2 Å². The summed E-state index contributed by atoms with van der Waals surface area (Å²) in [5.41, 5.74) is 0. The molecule has 2 aliphatic rings. The van der Waals surface area contributed by atoms with Crippen molar-refractivity contribution in [2.24, 2.45) is 5.92 Å². The van der Waals surface area contributed by atoms with Crippen molar-refractivity contribution in [3.63, 3.8) is 0 Å². The molecular weight excluding hydrogens is 132 g/mol. The van der Waals surface area contributed by atoms with E-state index in [1.807, 2.05) is 0 Å². The van der Waals surface area contributed by atoms with Crippen LogP contribution in [0.1, 0.15) is 12.8 Å². The predicted molar refractivity (Wildman–Crippen MR) is 34.3 cm³/mol. The molecule has 0 spiro atoms. The average Bonchev–Trinajstić information content (AvgIpc) is 2.42. The van der Waals surface area contributed by atoms with Crippen LogP contribution in [0.4, 0.5) is 0 Å². The Labute approximate surface area is 60.3 Å². The summed E-state index contributed by atoms with van der Waals surface area (Å²) in [6.07, 6.45) is 2.14. The highest BCUT2D eigenvalue weighted by molar-refractivity contribution is 4.76. The fourth-order valence-electron chi connectivity index (χ4n) is 1.59. The van der Waals surface area contributed by atoms with Gasteiger partial charge in [-0.15, -0.1) is 0 Å². The van der Waals surface area contributed by atoms with Crippen molar-refractivity contribution >= 4 is 0 Å². The van der Waals surface area contributed by atoms with Crippen LogP contribution >= 0.6 is 0 Å². The van der Waals surface area contributed by atoms with Gasteiger partial charge in [0.1, 0.15) is 0 Å². The van der Waals surface area contributed by atoms with Crippen LogP contribution in [0.3, 0.4) is 0 Å². The molecule has 0 bridgehead atoms. The number of rotatable bonds is 1. The first-order valence-electron chi connectivity index (χ1n) is 3.70. The van der Waals surface area contributed by atoms with Crippen molar-refractivity contribution in [1.29, 1.82) is 0 Å². The molecule has 0 saturated carbocycles. The van der Waals surface area contributed by atoms with E-state index in [4.69, 9.17) is 14.2 Å². The maximum Gasteiger partial charge on any atom is 0.163 e. The molecule has 10 heavy (non-hydrogen) atoms. The number of hydrogen-bond donors (Lipinski definition) is 0. The highest BCUT2D eigenvalue weighted by Crippen LogP contribution is 2.34. The number of fused-ring (bicyclic) bond motifs is 1. The molecule has 0 aromatic heterocycles. The summed E-state index contributed by atoms with van der Waals surface area (Å²) >= 11 is 0. The molecule has 0 N–H and O–H groups in total. The van der Waals surface area contributed by atoms with Gasteiger partial charge in [0.05, 0.1) is 6.61 Å². The minimum absolute atomic E-state index is 0.0182. The molecule has 58 valence electrons. The molecule has 3 nitrogen and oxygen atoms in total. The van der Waals surface area contributed by atoms with E-state index in [9.17, 15) is 0 Å². The van der Waals surface area contributed by atoms with Crippen LogP contribution in [0.15, 0.2) is 0 Å². The lowest BCUT2D eigenvalue weighted by atomic mass is 10.1. The van der Waals surface area contributed by atoms with E-state index in [2.05, 4.69) is 0 Å². The zero-order valence-corrected chi connectivity index (χ0v) is 6.08. The molecule has 0 aliphatic carbocycles. The minimum Gasteiger partial charge on any atom is -0.356 e. The Kier molecular flexibility index (Phi) is 1.64. The van der Waals surface area contributed by atoms with Crippen molar-refractivity contribution in [2.45, 2.75) is 25.4 Å². The highest BCUT2D eigenvalue weighted by atomic mass is 16.8. The third-order valence-corrected chi connectivity index (χ3v) is 2.20. The first-order valence-corrected chi connectivity index (χ1v) is 3.70. The summed E-state index contributed by atoms with van der Waals surface area (Å²) in [7, 11) is 1.67. The lowest BCUT2D eigenvalue weighted by Crippen LogP contribution is -2.13. The number of methoxy groups -OCH3 is 1. The second-order valence-electron chi connectivity index (χ2n) is 2.82. The van der Waals surface area contributed by atoms with E-state index in [0.717, 1.165) is 19.4 Å². The van der Waals surface area contributed by atoms with Gasteiger partial charge >= 0.3 is 0 Å². The molecule has 2 fully saturated rings. The Morgan fingerprint density at radius 3 is 3.10 bits per heavy atom. The van der Waals surface area contributed by atoms with Gasteiger partial charge in [-0.25, -0.2) is 0 Å². The van der Waals surface area contributed by atoms with Crippen LogP contribution in [-0.4, -0.2) is 26.3 Å². The molecule has 3 atom stereocenters. The molecular formula is C7H12O3. The summed E-state index contributed by atoms with van der Waals surface area (Å²) in [5.74, 6) is 0.588. The van der Waals surface area contributed by atoms with Crippen molar-refractivity contribution in [3.05, 3.63) is 0 Å². The number of ether oxygens (including phenoxy) is 3. The SMILES string of the molecule is COC1C[C@H]2CCO[C@H]2O1. The van der Waals surface area contributed by atoms with Gasteiger partial charge in [-0.1, -0.05) is 0 Å². The summed E-state index contributed by atoms with van der Waals surface area (Å²) < 4.78 is 15.7. The highest BCUT2D eigenvalue weighted by Gasteiger charge is 2.39. The minimum atomic E-state index is -0.0182. The molecule has 0 amide bonds. The topological polar surface area (TPSA) is 27.7 Å². The van der Waals surface area contributed by atoms with E-state index >= 15 is 0 Å². The van der Waals surface area contributed by atoms with Crippen LogP contribution in [0, 0.1) is 5.92 Å². The van der Waals surface area contributed by atoms with Gasteiger partial charge in [-0.05, 0) is 6.42 Å². The fourth-order valence-corrected chi connectivity index (χ4v) is 1.59. The van der Waals surface area contributed by atoms with E-state index < -0.39 is 0 Å². The summed E-state index contributed by atoms with van der Waals surface area (Å²) in [6.45, 7) is 0.853. The summed E-state index contributed by atoms with van der Waals surface area (Å²) in [6, 6.07) is 0. The monoisotopic (exact) mass is 144 g/mol. The standard InChI is InChI=1S/C7H12O3/c1-8-6-4-5-2-3-9-7(5)10-6/h5-7H,2-4H2,1H3/t5-,6?,7+/m1/s1. The molecule has 0 radical (unpaired) electrons. The van der Waals surface area contributed by atoms with Gasteiger partial charge in [-0.3, -0.25) is 0 Å². The molecule has 3 heteroatoms. The molecule has 0 aromatic rings. The average molecular weight is 144 g/mol. The first kappa shape index (κ1) is 6.58. The van der Waals surface area contributed by atoms with Crippen LogP contribution in [0.5, 0.6) is 0 Å². The molecule has 2 rings (SSSR count). The van der Waals surface area contributed by atoms with E-state index in [0.29, 0.717) is 5.92 Å². The molecule has 2 aliphatic heterocycles. The maximum atomic E-state index is 5.39. The van der Waals surface area contributed by atoms with Gasteiger partial charge in [0.2, 0.25) is 0 Å². The van der Waals surface area contributed by atoms with Crippen molar-refractivity contribution in [3.8, 4) is 0 Å². The molecule has 0 aromatic carbocycles. The molecule has 1 unspecified atom stereocenters. The van der Waals surface area contributed by atoms with Crippen LogP contribution in [-0.2, 0) is 14.2 Å². The van der Waals surface area contributed by atoms with Gasteiger partial charge in [-0.2, -0.15) is 0 Å². The maximum absolute atomic E-state index is 5.39. The van der Waals surface area contributed by atoms with E-state index in [-0.39, 0.29) is 12.6 Å². The third-order valence-electron chi connectivity index (χ3n) is 2.20. The van der Waals surface area contributed by atoms with Crippen LogP contribution < -0.4 is 0 Å². The normalized spacial score (nSPS) is 45.9. The Balaban J connectivity index is 1.94. The van der Waals surface area contributed by atoms with Gasteiger partial charge in [0, 0.05) is 19.4 Å². The lowest BCUT2D eigenvalue weighted by molar-refractivity contribution is -0.187. The fraction of sp³-hybridized carbons (Fsp3) is 1.00. The van der Waals surface area contributed by atoms with Gasteiger partial charge in [0.15, 0.2) is 12.6 Å². The first-order chi connectivity index (χ1) is 4.90. The predicted octanol–water partition coefficient (Wildman–Crippen LogP) is 0.742. The smallest absolute Gasteiger partial charge is 0.163 e. The Morgan fingerprint density at radius 1 is 1.50 bits per heavy atom. The molecule has 2 saturated heterocycles. The Morgan fingerprint density at radius 2 is 2.40 bits per heavy atom. The summed E-state index contributed by atoms with van der Waals surface area (Å²) in [4.78, 5) is 0. The number of hydrogen-bond acceptors (Lipinski definition) is 3. The van der Waals surface area contributed by atoms with Gasteiger partial charge in [0.25, 0.3) is 0 Å². The third kappa shape index (κ3) is 0.944. The van der Waals surface area contributed by atoms with Crippen LogP contribution in [0.25, 0.3) is 0 Å². The van der Waals surface area contributed by atoms with Crippen molar-refractivity contribution < 1.29 is 14.2 Å². The second kappa shape index (κ2) is 2.49. The second-order valence-corrected chi connectivity index (χ2v) is 2.82. The van der Waals surface area contributed by atoms with Crippen molar-refractivity contribution in [1.82, 2.24) is 0 Å². The molecule has 2 heterocycles. The Hall–Kier alpha value is -0.120. The summed E-state index contributed by atoms with van der Waals surface area (Å²) in [5, 5.41) is 0. The van der Waals surface area contributed by atoms with E-state index in [1.54, 1.807) is 7.11 Å². The largest absolute Gasteiger partial charge is 0.356 e. The van der Waals surface area contributed by atoms with Crippen molar-refractivity contribution in [2.75, 3.05) is 13.7 Å². The van der Waals surface area contributed by atoms with E-state index in [1.165, 1.54) is 0 Å². The zero-order valence-electron chi connectivity index (χ0n) is 6.08. The lowest BCUT2D eigenvalue weighted by Gasteiger charge is -2.09. The zero-order chi connectivity index (χ0) is 6.97. The quantitative estimate of drug-likeness (QED) is 0.543. The Bertz CT molecular complexity index is 114. The van der Waals surface area contributed by atoms with Crippen LogP contribution in [0.2, 0.25) is 0 Å².